The molecule has 2 aromatic rings. The van der Waals surface area contributed by atoms with Gasteiger partial charge >= 0.3 is 6.03 Å². The number of piperidine rings is 1. The summed E-state index contributed by atoms with van der Waals surface area (Å²) in [5.74, 6) is -0.371. The minimum atomic E-state index is -1.84. The van der Waals surface area contributed by atoms with E-state index >= 15 is 4.39 Å². The molecule has 144 valence electrons. The van der Waals surface area contributed by atoms with Crippen LogP contribution in [0.2, 0.25) is 0 Å². The summed E-state index contributed by atoms with van der Waals surface area (Å²) in [7, 11) is -1.76. The number of halogens is 1. The van der Waals surface area contributed by atoms with Gasteiger partial charge in [-0.1, -0.05) is 18.2 Å². The SMILES string of the molecule is Cc1ccccc1S(=O)C(C)(F)C1CCN(C(=O)Nc2ccnnc2)CC1. The van der Waals surface area contributed by atoms with Gasteiger partial charge in [0.1, 0.15) is 0 Å². The van der Waals surface area contributed by atoms with Crippen molar-refractivity contribution in [3.63, 3.8) is 0 Å². The Balaban J connectivity index is 1.61. The first kappa shape index (κ1) is 19.4. The maximum atomic E-state index is 15.5. The number of aromatic nitrogens is 2. The summed E-state index contributed by atoms with van der Waals surface area (Å²) in [6, 6.07) is 8.58. The normalized spacial score (nSPS) is 18.6. The van der Waals surface area contributed by atoms with Crippen LogP contribution in [0.3, 0.4) is 0 Å². The second kappa shape index (κ2) is 8.12. The fourth-order valence-electron chi connectivity index (χ4n) is 3.30. The zero-order valence-corrected chi connectivity index (χ0v) is 16.2. The second-order valence-electron chi connectivity index (χ2n) is 6.84. The third-order valence-corrected chi connectivity index (χ3v) is 6.92. The quantitative estimate of drug-likeness (QED) is 0.867. The fraction of sp³-hybridized carbons (Fsp3) is 0.421. The van der Waals surface area contributed by atoms with Crippen molar-refractivity contribution in [2.45, 2.75) is 36.6 Å². The Morgan fingerprint density at radius 1 is 1.26 bits per heavy atom. The Morgan fingerprint density at radius 2 is 1.96 bits per heavy atom. The van der Waals surface area contributed by atoms with Crippen LogP contribution >= 0.6 is 0 Å². The van der Waals surface area contributed by atoms with Crippen molar-refractivity contribution in [1.29, 1.82) is 0 Å². The lowest BCUT2D eigenvalue weighted by Gasteiger charge is -2.37. The number of nitrogens with zero attached hydrogens (tertiary/aromatic N) is 3. The molecule has 0 spiro atoms. The van der Waals surface area contributed by atoms with E-state index < -0.39 is 15.8 Å². The van der Waals surface area contributed by atoms with E-state index in [4.69, 9.17) is 0 Å². The van der Waals surface area contributed by atoms with Gasteiger partial charge in [-0.3, -0.25) is 4.21 Å². The van der Waals surface area contributed by atoms with Crippen LogP contribution in [0.5, 0.6) is 0 Å². The van der Waals surface area contributed by atoms with E-state index in [1.807, 2.05) is 19.1 Å². The molecule has 1 aliphatic rings. The van der Waals surface area contributed by atoms with Gasteiger partial charge in [0.15, 0.2) is 5.00 Å². The third kappa shape index (κ3) is 4.32. The molecule has 0 radical (unpaired) electrons. The zero-order chi connectivity index (χ0) is 19.4. The molecule has 1 saturated heterocycles. The van der Waals surface area contributed by atoms with Gasteiger partial charge in [0.25, 0.3) is 0 Å². The number of aryl methyl sites for hydroxylation is 1. The van der Waals surface area contributed by atoms with Crippen molar-refractivity contribution >= 4 is 22.5 Å². The van der Waals surface area contributed by atoms with Gasteiger partial charge in [0, 0.05) is 23.9 Å². The van der Waals surface area contributed by atoms with Gasteiger partial charge in [0.2, 0.25) is 0 Å². The van der Waals surface area contributed by atoms with Gasteiger partial charge < -0.3 is 10.2 Å². The molecule has 2 heterocycles. The van der Waals surface area contributed by atoms with Gasteiger partial charge in [-0.05, 0) is 44.4 Å². The Kier molecular flexibility index (Phi) is 5.84. The highest BCUT2D eigenvalue weighted by molar-refractivity contribution is 7.86. The smallest absolute Gasteiger partial charge is 0.321 e. The molecule has 0 saturated carbocycles. The van der Waals surface area contributed by atoms with Gasteiger partial charge in [-0.25, -0.2) is 9.18 Å². The molecule has 1 fully saturated rings. The number of carbonyl (C=O) groups excluding carboxylic acids is 1. The van der Waals surface area contributed by atoms with E-state index in [0.29, 0.717) is 36.5 Å². The highest BCUT2D eigenvalue weighted by Gasteiger charge is 2.43. The number of amides is 2. The Morgan fingerprint density at radius 3 is 2.59 bits per heavy atom. The van der Waals surface area contributed by atoms with Crippen LogP contribution in [0.25, 0.3) is 0 Å². The Bertz CT molecular complexity index is 823. The van der Waals surface area contributed by atoms with Crippen LogP contribution < -0.4 is 5.32 Å². The summed E-state index contributed by atoms with van der Waals surface area (Å²) < 4.78 is 28.3. The summed E-state index contributed by atoms with van der Waals surface area (Å²) >= 11 is 0. The Labute approximate surface area is 160 Å². The number of alkyl halides is 1. The number of nitrogens with one attached hydrogen (secondary N) is 1. The Hall–Kier alpha value is -2.35. The molecule has 0 bridgehead atoms. The molecular formula is C19H23FN4O2S. The summed E-state index contributed by atoms with van der Waals surface area (Å²) in [5, 5.41) is 8.29. The maximum absolute atomic E-state index is 15.5. The highest BCUT2D eigenvalue weighted by atomic mass is 32.2. The summed E-state index contributed by atoms with van der Waals surface area (Å²) in [6.45, 7) is 4.09. The van der Waals surface area contributed by atoms with E-state index in [1.54, 1.807) is 23.1 Å². The van der Waals surface area contributed by atoms with Crippen molar-refractivity contribution in [2.24, 2.45) is 5.92 Å². The largest absolute Gasteiger partial charge is 0.325 e. The molecule has 1 aromatic carbocycles. The molecule has 1 aliphatic heterocycles. The number of hydrogen-bond donors (Lipinski definition) is 1. The first-order valence-corrected chi connectivity index (χ1v) is 10.0. The molecular weight excluding hydrogens is 367 g/mol. The minimum Gasteiger partial charge on any atom is -0.325 e. The number of benzene rings is 1. The van der Waals surface area contributed by atoms with E-state index in [2.05, 4.69) is 15.5 Å². The lowest BCUT2D eigenvalue weighted by Crippen LogP contribution is -2.46. The number of rotatable bonds is 4. The topological polar surface area (TPSA) is 75.2 Å². The predicted octanol–water partition coefficient (Wildman–Crippen LogP) is 3.52. The fourth-order valence-corrected chi connectivity index (χ4v) is 4.83. The monoisotopic (exact) mass is 390 g/mol. The molecule has 27 heavy (non-hydrogen) atoms. The molecule has 1 aromatic heterocycles. The van der Waals surface area contributed by atoms with E-state index in [-0.39, 0.29) is 11.9 Å². The number of anilines is 1. The van der Waals surface area contributed by atoms with Crippen molar-refractivity contribution in [2.75, 3.05) is 18.4 Å². The van der Waals surface area contributed by atoms with E-state index in [0.717, 1.165) is 5.56 Å². The van der Waals surface area contributed by atoms with Gasteiger partial charge in [-0.15, -0.1) is 0 Å². The molecule has 2 unspecified atom stereocenters. The maximum Gasteiger partial charge on any atom is 0.321 e. The third-order valence-electron chi connectivity index (χ3n) is 5.00. The molecule has 0 aliphatic carbocycles. The zero-order valence-electron chi connectivity index (χ0n) is 15.4. The standard InChI is InChI=1S/C19H23FN4O2S/c1-14-5-3-4-6-17(14)27(26)19(2,20)15-8-11-24(12-9-15)18(25)23-16-7-10-21-22-13-16/h3-7,10,13,15H,8-9,11-12H2,1-2H3,(H,21,23,25). The summed E-state index contributed by atoms with van der Waals surface area (Å²) in [4.78, 5) is 14.5. The average molecular weight is 390 g/mol. The lowest BCUT2D eigenvalue weighted by atomic mass is 9.92. The number of likely N-dealkylation sites (tertiary alicyclic amines) is 1. The van der Waals surface area contributed by atoms with Crippen molar-refractivity contribution < 1.29 is 13.4 Å². The molecule has 2 atom stereocenters. The minimum absolute atomic E-state index is 0.248. The van der Waals surface area contributed by atoms with Crippen LogP contribution in [-0.2, 0) is 10.8 Å². The van der Waals surface area contributed by atoms with Crippen LogP contribution in [0.15, 0.2) is 47.6 Å². The van der Waals surface area contributed by atoms with Crippen LogP contribution in [0.1, 0.15) is 25.3 Å². The first-order chi connectivity index (χ1) is 12.9. The van der Waals surface area contributed by atoms with Crippen LogP contribution in [-0.4, -0.2) is 43.4 Å². The van der Waals surface area contributed by atoms with Crippen LogP contribution in [0, 0.1) is 12.8 Å². The first-order valence-electron chi connectivity index (χ1n) is 8.88. The molecule has 2 amide bonds. The molecule has 3 rings (SSSR count). The van der Waals surface area contributed by atoms with Crippen LogP contribution in [0.4, 0.5) is 14.9 Å². The number of hydrogen-bond acceptors (Lipinski definition) is 4. The lowest BCUT2D eigenvalue weighted by molar-refractivity contribution is 0.121. The summed E-state index contributed by atoms with van der Waals surface area (Å²) in [5.41, 5.74) is 1.38. The highest BCUT2D eigenvalue weighted by Crippen LogP contribution is 2.37. The predicted molar refractivity (Wildman–Crippen MR) is 102 cm³/mol. The van der Waals surface area contributed by atoms with Gasteiger partial charge in [-0.2, -0.15) is 10.2 Å². The number of urea groups is 1. The molecule has 6 nitrogen and oxygen atoms in total. The summed E-state index contributed by atoms with van der Waals surface area (Å²) in [6.07, 6.45) is 3.89. The van der Waals surface area contributed by atoms with Gasteiger partial charge in [0.05, 0.1) is 28.9 Å². The second-order valence-corrected chi connectivity index (χ2v) is 8.62. The molecule has 1 N–H and O–H groups in total. The van der Waals surface area contributed by atoms with E-state index in [1.165, 1.54) is 19.3 Å². The average Bonchev–Trinajstić information content (AvgIpc) is 2.68. The number of carbonyl (C=O) groups is 1. The van der Waals surface area contributed by atoms with Crippen molar-refractivity contribution in [3.05, 3.63) is 48.3 Å². The van der Waals surface area contributed by atoms with E-state index in [9.17, 15) is 9.00 Å². The molecule has 8 heteroatoms. The van der Waals surface area contributed by atoms with Crippen molar-refractivity contribution in [3.8, 4) is 0 Å². The van der Waals surface area contributed by atoms with Crippen molar-refractivity contribution in [1.82, 2.24) is 15.1 Å².